The van der Waals surface area contributed by atoms with Crippen molar-refractivity contribution < 1.29 is 19.4 Å². The fourth-order valence-corrected chi connectivity index (χ4v) is 3.43. The third kappa shape index (κ3) is 3.47. The van der Waals surface area contributed by atoms with E-state index in [4.69, 9.17) is 33.0 Å². The Labute approximate surface area is 134 Å². The lowest BCUT2D eigenvalue weighted by Crippen LogP contribution is -2.37. The van der Waals surface area contributed by atoms with Crippen molar-refractivity contribution in [1.29, 1.82) is 0 Å². The normalized spacial score (nSPS) is 12.3. The summed E-state index contributed by atoms with van der Waals surface area (Å²) in [6, 6.07) is 5.15. The number of carboxylic acid groups (broad SMARTS) is 1. The summed E-state index contributed by atoms with van der Waals surface area (Å²) in [4.78, 5) is 23.2. The molecule has 0 aliphatic carbocycles. The first-order valence-electron chi connectivity index (χ1n) is 5.85. The number of fused-ring (bicyclic) bond motifs is 1. The molecule has 0 saturated heterocycles. The summed E-state index contributed by atoms with van der Waals surface area (Å²) in [5, 5.41) is 13.0. The van der Waals surface area contributed by atoms with E-state index in [-0.39, 0.29) is 6.54 Å². The summed E-state index contributed by atoms with van der Waals surface area (Å²) in [6.07, 6.45) is -1.10. The highest BCUT2D eigenvalue weighted by molar-refractivity contribution is 7.21. The molecule has 2 aromatic rings. The Kier molecular flexibility index (Phi) is 5.05. The molecule has 0 aliphatic rings. The van der Waals surface area contributed by atoms with Crippen LogP contribution >= 0.6 is 34.5 Å². The third-order valence-electron chi connectivity index (χ3n) is 2.81. The van der Waals surface area contributed by atoms with Gasteiger partial charge in [0.25, 0.3) is 5.91 Å². The van der Waals surface area contributed by atoms with Gasteiger partial charge in [0, 0.05) is 22.2 Å². The summed E-state index contributed by atoms with van der Waals surface area (Å²) in [6.45, 7) is -0.143. The maximum Gasteiger partial charge on any atom is 0.334 e. The van der Waals surface area contributed by atoms with Gasteiger partial charge in [0.15, 0.2) is 6.10 Å². The van der Waals surface area contributed by atoms with Crippen molar-refractivity contribution in [2.75, 3.05) is 13.7 Å². The number of amides is 1. The summed E-state index contributed by atoms with van der Waals surface area (Å²) in [7, 11) is 1.26. The second-order valence-corrected chi connectivity index (χ2v) is 6.02. The van der Waals surface area contributed by atoms with E-state index in [1.165, 1.54) is 18.4 Å². The molecule has 5 nitrogen and oxygen atoms in total. The number of carboxylic acids is 1. The number of carbonyl (C=O) groups excluding carboxylic acids is 1. The maximum atomic E-state index is 12.1. The molecule has 1 aromatic carbocycles. The van der Waals surface area contributed by atoms with Crippen LogP contribution in [-0.2, 0) is 9.53 Å². The topological polar surface area (TPSA) is 75.6 Å². The van der Waals surface area contributed by atoms with Crippen molar-refractivity contribution in [2.24, 2.45) is 0 Å². The molecule has 1 atom stereocenters. The maximum absolute atomic E-state index is 12.1. The molecule has 0 aliphatic heterocycles. The van der Waals surface area contributed by atoms with Crippen LogP contribution in [0.5, 0.6) is 0 Å². The fraction of sp³-hybridized carbons (Fsp3) is 0.231. The molecule has 1 unspecified atom stereocenters. The molecular formula is C13H11Cl2NO4S. The molecule has 0 spiro atoms. The van der Waals surface area contributed by atoms with Crippen molar-refractivity contribution in [3.05, 3.63) is 33.1 Å². The van der Waals surface area contributed by atoms with Gasteiger partial charge < -0.3 is 15.2 Å². The molecule has 21 heavy (non-hydrogen) atoms. The first kappa shape index (κ1) is 16.0. The Morgan fingerprint density at radius 3 is 2.76 bits per heavy atom. The number of hydrogen-bond acceptors (Lipinski definition) is 4. The Bertz CT molecular complexity index is 701. The average molecular weight is 348 g/mol. The van der Waals surface area contributed by atoms with Crippen LogP contribution < -0.4 is 5.32 Å². The lowest BCUT2D eigenvalue weighted by atomic mass is 10.2. The van der Waals surface area contributed by atoms with E-state index in [1.807, 2.05) is 0 Å². The number of ether oxygens (including phenoxy) is 1. The van der Waals surface area contributed by atoms with Gasteiger partial charge in [-0.15, -0.1) is 11.3 Å². The van der Waals surface area contributed by atoms with Crippen molar-refractivity contribution in [3.63, 3.8) is 0 Å². The number of rotatable bonds is 5. The van der Waals surface area contributed by atoms with Crippen LogP contribution in [0, 0.1) is 0 Å². The summed E-state index contributed by atoms with van der Waals surface area (Å²) in [5.41, 5.74) is 0. The fourth-order valence-electron chi connectivity index (χ4n) is 1.72. The first-order valence-corrected chi connectivity index (χ1v) is 7.42. The number of methoxy groups -OCH3 is 1. The largest absolute Gasteiger partial charge is 0.479 e. The molecule has 8 heteroatoms. The molecule has 2 N–H and O–H groups in total. The van der Waals surface area contributed by atoms with Gasteiger partial charge in [0.05, 0.1) is 11.6 Å². The smallest absolute Gasteiger partial charge is 0.334 e. The third-order valence-corrected chi connectivity index (χ3v) is 4.70. The van der Waals surface area contributed by atoms with Crippen LogP contribution in [0.1, 0.15) is 9.67 Å². The Hall–Kier alpha value is -1.34. The number of carbonyl (C=O) groups is 2. The monoisotopic (exact) mass is 347 g/mol. The summed E-state index contributed by atoms with van der Waals surface area (Å²) < 4.78 is 5.53. The lowest BCUT2D eigenvalue weighted by Gasteiger charge is -2.10. The highest BCUT2D eigenvalue weighted by atomic mass is 35.5. The molecule has 0 saturated carbocycles. The van der Waals surface area contributed by atoms with Crippen molar-refractivity contribution in [1.82, 2.24) is 5.32 Å². The van der Waals surface area contributed by atoms with Crippen LogP contribution in [-0.4, -0.2) is 36.7 Å². The van der Waals surface area contributed by atoms with E-state index in [0.717, 1.165) is 10.1 Å². The van der Waals surface area contributed by atoms with Crippen molar-refractivity contribution in [2.45, 2.75) is 6.10 Å². The Morgan fingerprint density at radius 1 is 1.43 bits per heavy atom. The minimum atomic E-state index is -1.15. The SMILES string of the molecule is COC(CNC(=O)c1sc2cc(Cl)ccc2c1Cl)C(=O)O. The van der Waals surface area contributed by atoms with E-state index in [0.29, 0.717) is 14.9 Å². The molecule has 1 aromatic heterocycles. The van der Waals surface area contributed by atoms with Crippen molar-refractivity contribution in [3.8, 4) is 0 Å². The molecule has 0 fully saturated rings. The molecule has 2 rings (SSSR count). The lowest BCUT2D eigenvalue weighted by molar-refractivity contribution is -0.147. The van der Waals surface area contributed by atoms with Crippen LogP contribution in [0.3, 0.4) is 0 Å². The first-order chi connectivity index (χ1) is 9.93. The van der Waals surface area contributed by atoms with Gasteiger partial charge in [-0.1, -0.05) is 29.3 Å². The predicted octanol–water partition coefficient (Wildman–Crippen LogP) is 3.04. The van der Waals surface area contributed by atoms with E-state index in [9.17, 15) is 9.59 Å². The number of aliphatic carboxylic acids is 1. The highest BCUT2D eigenvalue weighted by Crippen LogP contribution is 2.36. The highest BCUT2D eigenvalue weighted by Gasteiger charge is 2.21. The molecule has 0 bridgehead atoms. The minimum Gasteiger partial charge on any atom is -0.479 e. The van der Waals surface area contributed by atoms with E-state index >= 15 is 0 Å². The van der Waals surface area contributed by atoms with E-state index in [1.54, 1.807) is 18.2 Å². The zero-order chi connectivity index (χ0) is 15.6. The number of benzene rings is 1. The van der Waals surface area contributed by atoms with Gasteiger partial charge in [-0.25, -0.2) is 4.79 Å². The minimum absolute atomic E-state index is 0.143. The van der Waals surface area contributed by atoms with E-state index in [2.05, 4.69) is 5.32 Å². The molecular weight excluding hydrogens is 337 g/mol. The number of halogens is 2. The van der Waals surface area contributed by atoms with Gasteiger partial charge in [-0.05, 0) is 12.1 Å². The number of hydrogen-bond donors (Lipinski definition) is 2. The van der Waals surface area contributed by atoms with Gasteiger partial charge in [0.1, 0.15) is 4.88 Å². The standard InChI is InChI=1S/C13H11Cl2NO4S/c1-20-8(13(18)19)5-16-12(17)11-10(15)7-3-2-6(14)4-9(7)21-11/h2-4,8H,5H2,1H3,(H,16,17)(H,18,19). The Balaban J connectivity index is 2.20. The molecule has 1 amide bonds. The van der Waals surface area contributed by atoms with Crippen LogP contribution in [0.2, 0.25) is 10.0 Å². The summed E-state index contributed by atoms with van der Waals surface area (Å²) >= 11 is 13.3. The predicted molar refractivity (Wildman–Crippen MR) is 82.6 cm³/mol. The van der Waals surface area contributed by atoms with Crippen LogP contribution in [0.4, 0.5) is 0 Å². The molecule has 112 valence electrons. The molecule has 1 heterocycles. The van der Waals surface area contributed by atoms with Gasteiger partial charge in [-0.3, -0.25) is 4.79 Å². The van der Waals surface area contributed by atoms with Crippen LogP contribution in [0.25, 0.3) is 10.1 Å². The quantitative estimate of drug-likeness (QED) is 0.871. The zero-order valence-electron chi connectivity index (χ0n) is 10.9. The Morgan fingerprint density at radius 2 is 2.14 bits per heavy atom. The van der Waals surface area contributed by atoms with Gasteiger partial charge in [-0.2, -0.15) is 0 Å². The number of thiophene rings is 1. The molecule has 0 radical (unpaired) electrons. The van der Waals surface area contributed by atoms with Gasteiger partial charge >= 0.3 is 5.97 Å². The summed E-state index contributed by atoms with van der Waals surface area (Å²) in [5.74, 6) is -1.59. The van der Waals surface area contributed by atoms with E-state index < -0.39 is 18.0 Å². The second kappa shape index (κ2) is 6.62. The van der Waals surface area contributed by atoms with Gasteiger partial charge in [0.2, 0.25) is 0 Å². The zero-order valence-corrected chi connectivity index (χ0v) is 13.2. The average Bonchev–Trinajstić information content (AvgIpc) is 2.75. The van der Waals surface area contributed by atoms with Crippen LogP contribution in [0.15, 0.2) is 18.2 Å². The van der Waals surface area contributed by atoms with Crippen molar-refractivity contribution >= 4 is 56.5 Å². The number of nitrogens with one attached hydrogen (secondary N) is 1. The second-order valence-electron chi connectivity index (χ2n) is 4.16.